The fourth-order valence-electron chi connectivity index (χ4n) is 2.83. The average Bonchev–Trinajstić information content (AvgIpc) is 3.04. The van der Waals surface area contributed by atoms with Crippen molar-refractivity contribution < 1.29 is 13.2 Å². The summed E-state index contributed by atoms with van der Waals surface area (Å²) < 4.78 is 26.2. The molecule has 1 aromatic rings. The Morgan fingerprint density at radius 3 is 2.88 bits per heavy atom. The number of rotatable bonds is 8. The maximum absolute atomic E-state index is 12.1. The molecular weight excluding hydrogens is 366 g/mol. The van der Waals surface area contributed by atoms with Gasteiger partial charge < -0.3 is 10.6 Å². The maximum atomic E-state index is 12.1. The van der Waals surface area contributed by atoms with Gasteiger partial charge in [0.25, 0.3) is 5.91 Å². The Balaban J connectivity index is 0.00000312. The number of hydrogen-bond acceptors (Lipinski definition) is 5. The van der Waals surface area contributed by atoms with Crippen LogP contribution >= 0.6 is 12.4 Å². The van der Waals surface area contributed by atoms with Gasteiger partial charge in [-0.2, -0.15) is 5.10 Å². The van der Waals surface area contributed by atoms with Crippen LogP contribution in [0.5, 0.6) is 0 Å². The van der Waals surface area contributed by atoms with Crippen molar-refractivity contribution in [2.45, 2.75) is 32.2 Å². The fourth-order valence-corrected chi connectivity index (χ4v) is 3.76. The van der Waals surface area contributed by atoms with Crippen LogP contribution in [0, 0.1) is 0 Å². The largest absolute Gasteiger partial charge is 0.351 e. The third-order valence-corrected chi connectivity index (χ3v) is 5.56. The van der Waals surface area contributed by atoms with Gasteiger partial charge >= 0.3 is 0 Å². The molecule has 2 rings (SSSR count). The lowest BCUT2D eigenvalue weighted by Crippen LogP contribution is -2.34. The SMILES string of the molecule is CCN(CCCNC(=O)c1ccn(C2CCCNC2)n1)S(C)(=O)=O.Cl. The third-order valence-electron chi connectivity index (χ3n) is 4.18. The van der Waals surface area contributed by atoms with E-state index in [1.807, 2.05) is 10.9 Å². The van der Waals surface area contributed by atoms with E-state index in [2.05, 4.69) is 15.7 Å². The highest BCUT2D eigenvalue weighted by atomic mass is 35.5. The summed E-state index contributed by atoms with van der Waals surface area (Å²) in [4.78, 5) is 12.1. The molecule has 0 radical (unpaired) electrons. The Kier molecular flexibility index (Phi) is 8.84. The van der Waals surface area contributed by atoms with Gasteiger partial charge in [0.15, 0.2) is 0 Å². The Hall–Kier alpha value is -1.16. The summed E-state index contributed by atoms with van der Waals surface area (Å²) in [7, 11) is -3.18. The van der Waals surface area contributed by atoms with Crippen LogP contribution < -0.4 is 10.6 Å². The zero-order valence-electron chi connectivity index (χ0n) is 14.8. The molecule has 8 nitrogen and oxygen atoms in total. The van der Waals surface area contributed by atoms with Crippen molar-refractivity contribution in [3.8, 4) is 0 Å². The Morgan fingerprint density at radius 1 is 1.52 bits per heavy atom. The maximum Gasteiger partial charge on any atom is 0.271 e. The van der Waals surface area contributed by atoms with Gasteiger partial charge in [0, 0.05) is 32.4 Å². The summed E-state index contributed by atoms with van der Waals surface area (Å²) in [6.45, 7) is 4.97. The third kappa shape index (κ3) is 6.58. The van der Waals surface area contributed by atoms with E-state index in [9.17, 15) is 13.2 Å². The van der Waals surface area contributed by atoms with E-state index in [0.717, 1.165) is 25.9 Å². The summed E-state index contributed by atoms with van der Waals surface area (Å²) in [5.74, 6) is -0.222. The fraction of sp³-hybridized carbons (Fsp3) is 0.733. The minimum Gasteiger partial charge on any atom is -0.351 e. The predicted molar refractivity (Wildman–Crippen MR) is 99.7 cm³/mol. The molecule has 1 amide bonds. The van der Waals surface area contributed by atoms with Crippen LogP contribution in [0.25, 0.3) is 0 Å². The van der Waals surface area contributed by atoms with Crippen LogP contribution in [0.1, 0.15) is 42.7 Å². The normalized spacial score (nSPS) is 18.0. The molecule has 1 aliphatic rings. The first-order chi connectivity index (χ1) is 11.4. The summed E-state index contributed by atoms with van der Waals surface area (Å²) in [6, 6.07) is 2.02. The summed E-state index contributed by atoms with van der Waals surface area (Å²) in [6.07, 6.45) is 5.78. The summed E-state index contributed by atoms with van der Waals surface area (Å²) in [5, 5.41) is 10.5. The van der Waals surface area contributed by atoms with E-state index >= 15 is 0 Å². The molecule has 2 heterocycles. The highest BCUT2D eigenvalue weighted by molar-refractivity contribution is 7.88. The van der Waals surface area contributed by atoms with Crippen molar-refractivity contribution in [3.63, 3.8) is 0 Å². The van der Waals surface area contributed by atoms with Crippen LogP contribution in [0.2, 0.25) is 0 Å². The van der Waals surface area contributed by atoms with Crippen LogP contribution in [-0.2, 0) is 10.0 Å². The van der Waals surface area contributed by atoms with Crippen LogP contribution in [0.4, 0.5) is 0 Å². The quantitative estimate of drug-likeness (QED) is 0.631. The highest BCUT2D eigenvalue weighted by Crippen LogP contribution is 2.15. The second-order valence-electron chi connectivity index (χ2n) is 6.05. The van der Waals surface area contributed by atoms with Gasteiger partial charge in [0.05, 0.1) is 12.3 Å². The van der Waals surface area contributed by atoms with Crippen molar-refractivity contribution in [2.24, 2.45) is 0 Å². The van der Waals surface area contributed by atoms with Gasteiger partial charge in [-0.3, -0.25) is 9.48 Å². The van der Waals surface area contributed by atoms with Crippen LogP contribution in [-0.4, -0.2) is 67.4 Å². The van der Waals surface area contributed by atoms with Gasteiger partial charge in [0.2, 0.25) is 10.0 Å². The van der Waals surface area contributed by atoms with Crippen LogP contribution in [0.3, 0.4) is 0 Å². The van der Waals surface area contributed by atoms with E-state index < -0.39 is 10.0 Å². The molecule has 0 saturated carbocycles. The van der Waals surface area contributed by atoms with Crippen molar-refractivity contribution in [1.82, 2.24) is 24.7 Å². The standard InChI is InChI=1S/C15H27N5O3S.ClH/c1-3-19(24(2,22)23)10-5-9-17-15(21)14-7-11-20(18-14)13-6-4-8-16-12-13;/h7,11,13,16H,3-6,8-10,12H2,1-2H3,(H,17,21);1H. The van der Waals surface area contributed by atoms with Gasteiger partial charge in [-0.05, 0) is 31.9 Å². The number of amides is 1. The summed E-state index contributed by atoms with van der Waals surface area (Å²) >= 11 is 0. The summed E-state index contributed by atoms with van der Waals surface area (Å²) in [5.41, 5.74) is 0.399. The number of carbonyl (C=O) groups excluding carboxylic acids is 1. The molecule has 10 heteroatoms. The molecular formula is C15H28ClN5O3S. The van der Waals surface area contributed by atoms with Gasteiger partial charge in [0.1, 0.15) is 5.69 Å². The van der Waals surface area contributed by atoms with Crippen LogP contribution in [0.15, 0.2) is 12.3 Å². The van der Waals surface area contributed by atoms with Gasteiger partial charge in [-0.1, -0.05) is 6.92 Å². The number of hydrogen-bond donors (Lipinski definition) is 2. The van der Waals surface area contributed by atoms with Crippen molar-refractivity contribution in [1.29, 1.82) is 0 Å². The Bertz CT molecular complexity index is 643. The molecule has 1 unspecified atom stereocenters. The number of piperidine rings is 1. The molecule has 1 saturated heterocycles. The lowest BCUT2D eigenvalue weighted by Gasteiger charge is -2.22. The minimum absolute atomic E-state index is 0. The first-order valence-electron chi connectivity index (χ1n) is 8.41. The Morgan fingerprint density at radius 2 is 2.28 bits per heavy atom. The molecule has 1 fully saturated rings. The molecule has 25 heavy (non-hydrogen) atoms. The number of nitrogens with zero attached hydrogens (tertiary/aromatic N) is 3. The van der Waals surface area contributed by atoms with E-state index in [-0.39, 0.29) is 18.3 Å². The molecule has 144 valence electrons. The highest BCUT2D eigenvalue weighted by Gasteiger charge is 2.18. The number of carbonyl (C=O) groups is 1. The molecule has 1 atom stereocenters. The topological polar surface area (TPSA) is 96.3 Å². The molecule has 0 bridgehead atoms. The molecule has 2 N–H and O–H groups in total. The monoisotopic (exact) mass is 393 g/mol. The van der Waals surface area contributed by atoms with Crippen molar-refractivity contribution in [3.05, 3.63) is 18.0 Å². The smallest absolute Gasteiger partial charge is 0.271 e. The average molecular weight is 394 g/mol. The molecule has 0 aromatic carbocycles. The van der Waals surface area contributed by atoms with Crippen molar-refractivity contribution in [2.75, 3.05) is 39.0 Å². The molecule has 0 aliphatic carbocycles. The van der Waals surface area contributed by atoms with Gasteiger partial charge in [-0.15, -0.1) is 12.4 Å². The number of sulfonamides is 1. The zero-order valence-corrected chi connectivity index (χ0v) is 16.4. The van der Waals surface area contributed by atoms with E-state index in [1.54, 1.807) is 13.0 Å². The van der Waals surface area contributed by atoms with E-state index in [0.29, 0.717) is 37.8 Å². The number of halogens is 1. The molecule has 0 spiro atoms. The predicted octanol–water partition coefficient (Wildman–Crippen LogP) is 0.631. The first kappa shape index (κ1) is 21.9. The van der Waals surface area contributed by atoms with E-state index in [4.69, 9.17) is 0 Å². The van der Waals surface area contributed by atoms with Gasteiger partial charge in [-0.25, -0.2) is 12.7 Å². The lowest BCUT2D eigenvalue weighted by atomic mass is 10.1. The second-order valence-corrected chi connectivity index (χ2v) is 8.03. The second kappa shape index (κ2) is 10.1. The molecule has 1 aliphatic heterocycles. The number of aromatic nitrogens is 2. The first-order valence-corrected chi connectivity index (χ1v) is 10.3. The number of nitrogens with one attached hydrogen (secondary N) is 2. The minimum atomic E-state index is -3.18. The Labute approximate surface area is 155 Å². The zero-order chi connectivity index (χ0) is 17.6. The van der Waals surface area contributed by atoms with Crippen molar-refractivity contribution >= 4 is 28.3 Å². The lowest BCUT2D eigenvalue weighted by molar-refractivity contribution is 0.0946. The molecule has 1 aromatic heterocycles. The van der Waals surface area contributed by atoms with E-state index in [1.165, 1.54) is 10.6 Å².